The SMILES string of the molecule is CCN1CCn2cc(S(=O)(=O)NCc3ccc(Br)cc3)cc2C1=O. The van der Waals surface area contributed by atoms with Gasteiger partial charge in [-0.2, -0.15) is 0 Å². The summed E-state index contributed by atoms with van der Waals surface area (Å²) in [4.78, 5) is 14.1. The summed E-state index contributed by atoms with van der Waals surface area (Å²) in [6.45, 7) is 3.94. The van der Waals surface area contributed by atoms with Crippen LogP contribution in [0.3, 0.4) is 0 Å². The van der Waals surface area contributed by atoms with E-state index in [0.717, 1.165) is 10.0 Å². The number of carbonyl (C=O) groups excluding carboxylic acids is 1. The van der Waals surface area contributed by atoms with E-state index in [1.807, 2.05) is 31.2 Å². The number of fused-ring (bicyclic) bond motifs is 1. The summed E-state index contributed by atoms with van der Waals surface area (Å²) in [5.74, 6) is -0.127. The molecule has 3 rings (SSSR count). The van der Waals surface area contributed by atoms with E-state index in [0.29, 0.717) is 25.3 Å². The Hall–Kier alpha value is -1.64. The fraction of sp³-hybridized carbons (Fsp3) is 0.312. The summed E-state index contributed by atoms with van der Waals surface area (Å²) >= 11 is 3.34. The van der Waals surface area contributed by atoms with Crippen molar-refractivity contribution in [3.05, 3.63) is 52.3 Å². The van der Waals surface area contributed by atoms with Gasteiger partial charge in [0.1, 0.15) is 10.6 Å². The van der Waals surface area contributed by atoms with Crippen LogP contribution in [0.4, 0.5) is 0 Å². The normalized spacial score (nSPS) is 14.8. The van der Waals surface area contributed by atoms with Gasteiger partial charge in [-0.1, -0.05) is 28.1 Å². The van der Waals surface area contributed by atoms with Crippen LogP contribution in [0.2, 0.25) is 0 Å². The van der Waals surface area contributed by atoms with Crippen molar-refractivity contribution in [2.24, 2.45) is 0 Å². The lowest BCUT2D eigenvalue weighted by Crippen LogP contribution is -2.39. The van der Waals surface area contributed by atoms with E-state index in [9.17, 15) is 13.2 Å². The van der Waals surface area contributed by atoms with Gasteiger partial charge in [0.25, 0.3) is 5.91 Å². The highest BCUT2D eigenvalue weighted by atomic mass is 79.9. The molecule has 0 saturated heterocycles. The van der Waals surface area contributed by atoms with Crippen LogP contribution in [0.15, 0.2) is 45.9 Å². The number of likely N-dealkylation sites (N-methyl/N-ethyl adjacent to an activating group) is 1. The Morgan fingerprint density at radius 2 is 1.92 bits per heavy atom. The van der Waals surface area contributed by atoms with E-state index in [1.165, 1.54) is 12.3 Å². The Kier molecular flexibility index (Phi) is 4.80. The molecular formula is C16H18BrN3O3S. The molecule has 1 N–H and O–H groups in total. The number of amides is 1. The largest absolute Gasteiger partial charge is 0.340 e. The van der Waals surface area contributed by atoms with Gasteiger partial charge in [0.05, 0.1) is 0 Å². The molecule has 0 radical (unpaired) electrons. The molecule has 2 heterocycles. The maximum Gasteiger partial charge on any atom is 0.270 e. The van der Waals surface area contributed by atoms with Crippen molar-refractivity contribution in [3.63, 3.8) is 0 Å². The first kappa shape index (κ1) is 17.2. The van der Waals surface area contributed by atoms with Crippen LogP contribution >= 0.6 is 15.9 Å². The first-order valence-corrected chi connectivity index (χ1v) is 9.92. The van der Waals surface area contributed by atoms with E-state index < -0.39 is 10.0 Å². The van der Waals surface area contributed by atoms with Crippen molar-refractivity contribution in [3.8, 4) is 0 Å². The maximum atomic E-state index is 12.5. The minimum Gasteiger partial charge on any atom is -0.340 e. The zero-order chi connectivity index (χ0) is 17.3. The predicted molar refractivity (Wildman–Crippen MR) is 94.2 cm³/mol. The third-order valence-electron chi connectivity index (χ3n) is 4.06. The van der Waals surface area contributed by atoms with Crippen molar-refractivity contribution in [1.29, 1.82) is 0 Å². The fourth-order valence-corrected chi connectivity index (χ4v) is 3.97. The number of halogens is 1. The second-order valence-electron chi connectivity index (χ2n) is 5.59. The summed E-state index contributed by atoms with van der Waals surface area (Å²) < 4.78 is 30.2. The molecule has 0 bridgehead atoms. The molecule has 1 aliphatic rings. The molecule has 0 aliphatic carbocycles. The van der Waals surface area contributed by atoms with Crippen LogP contribution < -0.4 is 4.72 Å². The number of rotatable bonds is 5. The van der Waals surface area contributed by atoms with E-state index in [2.05, 4.69) is 20.7 Å². The first-order chi connectivity index (χ1) is 11.4. The highest BCUT2D eigenvalue weighted by Crippen LogP contribution is 2.20. The molecule has 8 heteroatoms. The van der Waals surface area contributed by atoms with Crippen LogP contribution in [0.5, 0.6) is 0 Å². The number of nitrogens with zero attached hydrogens (tertiary/aromatic N) is 2. The minimum absolute atomic E-state index is 0.126. The number of carbonyl (C=O) groups is 1. The molecule has 2 aromatic rings. The van der Waals surface area contributed by atoms with E-state index >= 15 is 0 Å². The summed E-state index contributed by atoms with van der Waals surface area (Å²) in [5, 5.41) is 0. The standard InChI is InChI=1S/C16H18BrN3O3S/c1-2-19-7-8-20-11-14(9-15(20)16(19)21)24(22,23)18-10-12-3-5-13(17)6-4-12/h3-6,9,11,18H,2,7-8,10H2,1H3. The van der Waals surface area contributed by atoms with Gasteiger partial charge in [-0.15, -0.1) is 0 Å². The Morgan fingerprint density at radius 1 is 1.21 bits per heavy atom. The average molecular weight is 412 g/mol. The zero-order valence-electron chi connectivity index (χ0n) is 13.2. The van der Waals surface area contributed by atoms with Gasteiger partial charge in [-0.05, 0) is 30.7 Å². The molecular weight excluding hydrogens is 394 g/mol. The van der Waals surface area contributed by atoms with Crippen molar-refractivity contribution in [1.82, 2.24) is 14.2 Å². The van der Waals surface area contributed by atoms with Gasteiger partial charge in [0, 0.05) is 36.8 Å². The smallest absolute Gasteiger partial charge is 0.270 e. The van der Waals surface area contributed by atoms with Crippen molar-refractivity contribution in [2.45, 2.75) is 24.9 Å². The molecule has 0 unspecified atom stereocenters. The lowest BCUT2D eigenvalue weighted by Gasteiger charge is -2.26. The molecule has 24 heavy (non-hydrogen) atoms. The zero-order valence-corrected chi connectivity index (χ0v) is 15.6. The van der Waals surface area contributed by atoms with Gasteiger partial charge in [-0.3, -0.25) is 4.79 Å². The lowest BCUT2D eigenvalue weighted by atomic mass is 10.2. The number of aromatic nitrogens is 1. The van der Waals surface area contributed by atoms with Crippen molar-refractivity contribution >= 4 is 31.9 Å². The van der Waals surface area contributed by atoms with Crippen LogP contribution in [0.25, 0.3) is 0 Å². The minimum atomic E-state index is -3.66. The summed E-state index contributed by atoms with van der Waals surface area (Å²) in [6, 6.07) is 8.87. The highest BCUT2D eigenvalue weighted by Gasteiger charge is 2.27. The van der Waals surface area contributed by atoms with Crippen LogP contribution in [0, 0.1) is 0 Å². The fourth-order valence-electron chi connectivity index (χ4n) is 2.65. The second-order valence-corrected chi connectivity index (χ2v) is 8.27. The molecule has 1 aromatic heterocycles. The third kappa shape index (κ3) is 3.40. The maximum absolute atomic E-state index is 12.5. The number of sulfonamides is 1. The third-order valence-corrected chi connectivity index (χ3v) is 5.96. The summed E-state index contributed by atoms with van der Waals surface area (Å²) in [6.07, 6.45) is 1.53. The topological polar surface area (TPSA) is 71.4 Å². The van der Waals surface area contributed by atoms with Gasteiger partial charge in [0.15, 0.2) is 0 Å². The predicted octanol–water partition coefficient (Wildman–Crippen LogP) is 2.20. The Labute approximate surface area is 149 Å². The summed E-state index contributed by atoms with van der Waals surface area (Å²) in [7, 11) is -3.66. The molecule has 1 amide bonds. The average Bonchev–Trinajstić information content (AvgIpc) is 3.01. The van der Waals surface area contributed by atoms with Crippen LogP contribution in [-0.2, 0) is 23.1 Å². The highest BCUT2D eigenvalue weighted by molar-refractivity contribution is 9.10. The molecule has 0 spiro atoms. The lowest BCUT2D eigenvalue weighted by molar-refractivity contribution is 0.0715. The number of nitrogens with one attached hydrogen (secondary N) is 1. The van der Waals surface area contributed by atoms with Crippen LogP contribution in [-0.4, -0.2) is 36.9 Å². The van der Waals surface area contributed by atoms with E-state index in [4.69, 9.17) is 0 Å². The Balaban J connectivity index is 1.78. The molecule has 1 aromatic carbocycles. The second kappa shape index (κ2) is 6.70. The monoisotopic (exact) mass is 411 g/mol. The molecule has 0 atom stereocenters. The molecule has 0 fully saturated rings. The molecule has 6 nitrogen and oxygen atoms in total. The Bertz CT molecular complexity index is 859. The number of hydrogen-bond donors (Lipinski definition) is 1. The van der Waals surface area contributed by atoms with E-state index in [1.54, 1.807) is 9.47 Å². The summed E-state index contributed by atoms with van der Waals surface area (Å²) in [5.41, 5.74) is 1.28. The molecule has 1 aliphatic heterocycles. The number of hydrogen-bond acceptors (Lipinski definition) is 3. The van der Waals surface area contributed by atoms with Gasteiger partial charge >= 0.3 is 0 Å². The van der Waals surface area contributed by atoms with Gasteiger partial charge in [0.2, 0.25) is 10.0 Å². The van der Waals surface area contributed by atoms with Gasteiger partial charge in [-0.25, -0.2) is 13.1 Å². The van der Waals surface area contributed by atoms with E-state index in [-0.39, 0.29) is 17.3 Å². The number of benzene rings is 1. The first-order valence-electron chi connectivity index (χ1n) is 7.64. The van der Waals surface area contributed by atoms with Gasteiger partial charge < -0.3 is 9.47 Å². The van der Waals surface area contributed by atoms with Crippen LogP contribution in [0.1, 0.15) is 23.0 Å². The quantitative estimate of drug-likeness (QED) is 0.819. The van der Waals surface area contributed by atoms with Crippen molar-refractivity contribution in [2.75, 3.05) is 13.1 Å². The van der Waals surface area contributed by atoms with Crippen molar-refractivity contribution < 1.29 is 13.2 Å². The Morgan fingerprint density at radius 3 is 2.58 bits per heavy atom. The molecule has 0 saturated carbocycles. The molecule has 128 valence electrons.